The molecule has 1 aliphatic rings. The van der Waals surface area contributed by atoms with E-state index in [9.17, 15) is 19.2 Å². The highest BCUT2D eigenvalue weighted by atomic mass is 35.5. The lowest BCUT2D eigenvalue weighted by Gasteiger charge is -2.30. The molecule has 0 unspecified atom stereocenters. The summed E-state index contributed by atoms with van der Waals surface area (Å²) in [5, 5.41) is 9.08. The van der Waals surface area contributed by atoms with Crippen LogP contribution in [0.5, 0.6) is 5.75 Å². The second kappa shape index (κ2) is 15.1. The fraction of sp³-hybridized carbons (Fsp3) is 0.333. The number of ether oxygens (including phenoxy) is 2. The third-order valence-electron chi connectivity index (χ3n) is 7.92. The van der Waals surface area contributed by atoms with Crippen LogP contribution in [0.3, 0.4) is 0 Å². The van der Waals surface area contributed by atoms with Gasteiger partial charge in [-0.2, -0.15) is 0 Å². The van der Waals surface area contributed by atoms with Crippen LogP contribution in [0.4, 0.5) is 5.69 Å². The Morgan fingerprint density at radius 1 is 0.864 bits per heavy atom. The molecule has 1 aliphatic carbocycles. The minimum Gasteiger partial charge on any atom is -0.497 e. The summed E-state index contributed by atoms with van der Waals surface area (Å²) in [6.07, 6.45) is 3.72. The number of hydrogen-bond acceptors (Lipinski definition) is 6. The highest BCUT2D eigenvalue weighted by Crippen LogP contribution is 2.41. The normalized spacial score (nSPS) is 14.3. The van der Waals surface area contributed by atoms with E-state index in [1.807, 2.05) is 0 Å². The maximum Gasteiger partial charge on any atom is 0.328 e. The lowest BCUT2D eigenvalue weighted by molar-refractivity contribution is -0.146. The van der Waals surface area contributed by atoms with E-state index in [-0.39, 0.29) is 33.8 Å². The van der Waals surface area contributed by atoms with Gasteiger partial charge in [0.2, 0.25) is 5.91 Å². The number of rotatable bonds is 12. The quantitative estimate of drug-likeness (QED) is 0.214. The second-order valence-corrected chi connectivity index (χ2v) is 11.5. The molecule has 0 spiro atoms. The fourth-order valence-electron chi connectivity index (χ4n) is 5.42. The Hall–Kier alpha value is -4.08. The molecular formula is C33H35Cl2N3O6. The zero-order chi connectivity index (χ0) is 31.7. The van der Waals surface area contributed by atoms with Gasteiger partial charge in [-0.1, -0.05) is 54.2 Å². The molecule has 4 rings (SSSR count). The Morgan fingerprint density at radius 3 is 2.09 bits per heavy atom. The minimum atomic E-state index is -0.916. The van der Waals surface area contributed by atoms with Crippen LogP contribution in [0.25, 0.3) is 0 Å². The summed E-state index contributed by atoms with van der Waals surface area (Å²) >= 11 is 12.3. The van der Waals surface area contributed by atoms with E-state index in [4.69, 9.17) is 32.7 Å². The second-order valence-electron chi connectivity index (χ2n) is 10.7. The van der Waals surface area contributed by atoms with Crippen molar-refractivity contribution in [1.82, 2.24) is 10.6 Å². The first-order valence-electron chi connectivity index (χ1n) is 14.3. The summed E-state index contributed by atoms with van der Waals surface area (Å²) in [6, 6.07) is 17.6. The topological polar surface area (TPSA) is 123 Å². The van der Waals surface area contributed by atoms with Crippen LogP contribution < -0.4 is 20.7 Å². The number of anilines is 1. The summed E-state index contributed by atoms with van der Waals surface area (Å²) in [5.74, 6) is -0.822. The monoisotopic (exact) mass is 639 g/mol. The van der Waals surface area contributed by atoms with E-state index in [1.54, 1.807) is 73.8 Å². The minimum absolute atomic E-state index is 0.175. The van der Waals surface area contributed by atoms with Gasteiger partial charge in [-0.25, -0.2) is 4.79 Å². The molecule has 1 saturated carbocycles. The van der Waals surface area contributed by atoms with Crippen molar-refractivity contribution in [1.29, 1.82) is 0 Å². The Bertz CT molecular complexity index is 1470. The van der Waals surface area contributed by atoms with Crippen LogP contribution in [0.1, 0.15) is 58.4 Å². The Balaban J connectivity index is 1.38. The summed E-state index contributed by atoms with van der Waals surface area (Å²) in [6.45, 7) is 0.313. The van der Waals surface area contributed by atoms with Crippen molar-refractivity contribution >= 4 is 52.6 Å². The van der Waals surface area contributed by atoms with E-state index >= 15 is 0 Å². The summed E-state index contributed by atoms with van der Waals surface area (Å²) < 4.78 is 10.1. The maximum atomic E-state index is 13.7. The van der Waals surface area contributed by atoms with Crippen molar-refractivity contribution in [3.8, 4) is 5.75 Å². The first-order valence-corrected chi connectivity index (χ1v) is 15.1. The van der Waals surface area contributed by atoms with Gasteiger partial charge in [-0.05, 0) is 73.4 Å². The van der Waals surface area contributed by atoms with Gasteiger partial charge >= 0.3 is 5.97 Å². The van der Waals surface area contributed by atoms with Gasteiger partial charge in [0, 0.05) is 24.2 Å². The van der Waals surface area contributed by atoms with Gasteiger partial charge in [0.25, 0.3) is 11.8 Å². The zero-order valence-corrected chi connectivity index (χ0v) is 26.1. The maximum absolute atomic E-state index is 13.7. The van der Waals surface area contributed by atoms with Gasteiger partial charge in [-0.3, -0.25) is 14.4 Å². The van der Waals surface area contributed by atoms with Crippen LogP contribution in [0, 0.1) is 5.41 Å². The predicted molar refractivity (Wildman–Crippen MR) is 169 cm³/mol. The summed E-state index contributed by atoms with van der Waals surface area (Å²) in [7, 11) is 2.84. The van der Waals surface area contributed by atoms with Gasteiger partial charge in [0.15, 0.2) is 0 Å². The summed E-state index contributed by atoms with van der Waals surface area (Å²) in [4.78, 5) is 51.7. The lowest BCUT2D eigenvalue weighted by Crippen LogP contribution is -2.50. The molecule has 1 atom stereocenters. The Labute approximate surface area is 266 Å². The van der Waals surface area contributed by atoms with Crippen LogP contribution >= 0.6 is 23.2 Å². The van der Waals surface area contributed by atoms with Crippen molar-refractivity contribution < 1.29 is 28.7 Å². The molecule has 3 aromatic carbocycles. The Kier molecular flexibility index (Phi) is 11.3. The van der Waals surface area contributed by atoms with E-state index < -0.39 is 23.3 Å². The van der Waals surface area contributed by atoms with Crippen LogP contribution in [0.15, 0.2) is 66.7 Å². The molecule has 0 radical (unpaired) electrons. The third-order valence-corrected chi connectivity index (χ3v) is 8.55. The molecule has 0 aromatic heterocycles. The van der Waals surface area contributed by atoms with Crippen molar-refractivity contribution in [2.75, 3.05) is 26.1 Å². The number of nitrogens with one attached hydrogen (secondary N) is 3. The molecule has 3 N–H and O–H groups in total. The number of amides is 3. The molecule has 1 fully saturated rings. The molecular weight excluding hydrogens is 605 g/mol. The number of methoxy groups -OCH3 is 2. The van der Waals surface area contributed by atoms with Gasteiger partial charge < -0.3 is 25.4 Å². The molecule has 0 saturated heterocycles. The molecule has 11 heteroatoms. The van der Waals surface area contributed by atoms with E-state index in [1.165, 1.54) is 7.11 Å². The number of halogens is 2. The molecule has 44 heavy (non-hydrogen) atoms. The summed E-state index contributed by atoms with van der Waals surface area (Å²) in [5.41, 5.74) is 1.24. The fourth-order valence-corrected chi connectivity index (χ4v) is 5.99. The van der Waals surface area contributed by atoms with Crippen LogP contribution in [0.2, 0.25) is 10.0 Å². The molecule has 0 heterocycles. The standard InChI is InChI=1S/C33H35Cl2N3O6/c1-43-24-14-10-22(11-15-24)29(39)36-19-18-33(16-3-4-17-33)32(42)38-27(31(41)44-2)20-21-8-12-23(13-9-21)37-30(40)28-25(34)6-5-7-26(28)35/h5-15,27H,3-4,16-20H2,1-2H3,(H,36,39)(H,37,40)(H,38,42)/t27-/m0/s1. The van der Waals surface area contributed by atoms with Crippen LogP contribution in [-0.4, -0.2) is 50.5 Å². The van der Waals surface area contributed by atoms with Gasteiger partial charge in [0.05, 0.1) is 35.2 Å². The SMILES string of the molecule is COC(=O)[C@H](Cc1ccc(NC(=O)c2c(Cl)cccc2Cl)cc1)NC(=O)C1(CCNC(=O)c2ccc(OC)cc2)CCCC1. The molecule has 3 aromatic rings. The first-order chi connectivity index (χ1) is 21.2. The van der Waals surface area contributed by atoms with Crippen molar-refractivity contribution in [2.24, 2.45) is 5.41 Å². The largest absolute Gasteiger partial charge is 0.497 e. The average Bonchev–Trinajstić information content (AvgIpc) is 3.51. The molecule has 0 aliphatic heterocycles. The van der Waals surface area contributed by atoms with Crippen molar-refractivity contribution in [2.45, 2.75) is 44.6 Å². The lowest BCUT2D eigenvalue weighted by atomic mass is 9.81. The van der Waals surface area contributed by atoms with Crippen LogP contribution in [-0.2, 0) is 20.7 Å². The first kappa shape index (κ1) is 32.8. The van der Waals surface area contributed by atoms with E-state index in [2.05, 4.69) is 16.0 Å². The van der Waals surface area contributed by atoms with Gasteiger partial charge in [0.1, 0.15) is 11.8 Å². The van der Waals surface area contributed by atoms with E-state index in [0.717, 1.165) is 18.4 Å². The van der Waals surface area contributed by atoms with E-state index in [0.29, 0.717) is 42.8 Å². The molecule has 9 nitrogen and oxygen atoms in total. The average molecular weight is 641 g/mol. The smallest absolute Gasteiger partial charge is 0.328 e. The third kappa shape index (κ3) is 8.09. The zero-order valence-electron chi connectivity index (χ0n) is 24.6. The number of hydrogen-bond donors (Lipinski definition) is 3. The number of carbonyl (C=O) groups is 4. The number of carbonyl (C=O) groups excluding carboxylic acids is 4. The Morgan fingerprint density at radius 2 is 1.50 bits per heavy atom. The highest BCUT2D eigenvalue weighted by Gasteiger charge is 2.42. The predicted octanol–water partition coefficient (Wildman–Crippen LogP) is 5.84. The molecule has 3 amide bonds. The number of esters is 1. The number of benzene rings is 3. The van der Waals surface area contributed by atoms with Gasteiger partial charge in [-0.15, -0.1) is 0 Å². The van der Waals surface area contributed by atoms with Crippen molar-refractivity contribution in [3.05, 3.63) is 93.5 Å². The molecule has 0 bridgehead atoms. The van der Waals surface area contributed by atoms with Crippen molar-refractivity contribution in [3.63, 3.8) is 0 Å². The molecule has 232 valence electrons. The highest BCUT2D eigenvalue weighted by molar-refractivity contribution is 6.40.